The Bertz CT molecular complexity index is 775. The summed E-state index contributed by atoms with van der Waals surface area (Å²) >= 11 is 0. The van der Waals surface area contributed by atoms with E-state index in [1.54, 1.807) is 24.3 Å². The lowest BCUT2D eigenvalue weighted by Gasteiger charge is -2.38. The van der Waals surface area contributed by atoms with Crippen LogP contribution in [-0.4, -0.2) is 82.2 Å². The first-order valence-electron chi connectivity index (χ1n) is 9.39. The fourth-order valence-electron chi connectivity index (χ4n) is 3.42. The van der Waals surface area contributed by atoms with Crippen molar-refractivity contribution in [3.63, 3.8) is 0 Å². The van der Waals surface area contributed by atoms with Gasteiger partial charge in [-0.05, 0) is 5.56 Å². The highest BCUT2D eigenvalue weighted by atomic mass is 16.3. The Balaban J connectivity index is 1.55. The van der Waals surface area contributed by atoms with Gasteiger partial charge >= 0.3 is 6.03 Å². The van der Waals surface area contributed by atoms with Gasteiger partial charge in [-0.25, -0.2) is 4.79 Å². The minimum absolute atomic E-state index is 0.0116. The minimum Gasteiger partial charge on any atom is -0.394 e. The zero-order valence-corrected chi connectivity index (χ0v) is 15.8. The third-order valence-corrected chi connectivity index (χ3v) is 5.29. The molecule has 10 heteroatoms. The smallest absolute Gasteiger partial charge is 0.325 e. The summed E-state index contributed by atoms with van der Waals surface area (Å²) in [5.41, 5.74) is -0.951. The second-order valence-corrected chi connectivity index (χ2v) is 7.17. The number of carbonyl (C=O) groups is 4. The summed E-state index contributed by atoms with van der Waals surface area (Å²) in [4.78, 5) is 50.4. The van der Waals surface area contributed by atoms with Crippen molar-refractivity contribution in [3.05, 3.63) is 35.9 Å². The molecule has 1 aromatic rings. The molecule has 2 aliphatic heterocycles. The molecule has 29 heavy (non-hydrogen) atoms. The highest BCUT2D eigenvalue weighted by Crippen LogP contribution is 2.24. The van der Waals surface area contributed by atoms with E-state index in [0.29, 0.717) is 5.56 Å². The predicted octanol–water partition coefficient (Wildman–Crippen LogP) is -1.26. The van der Waals surface area contributed by atoms with E-state index in [2.05, 4.69) is 10.6 Å². The molecule has 0 radical (unpaired) electrons. The average molecular weight is 404 g/mol. The molecular weight excluding hydrogens is 380 g/mol. The van der Waals surface area contributed by atoms with Gasteiger partial charge in [0.25, 0.3) is 11.8 Å². The molecule has 1 atom stereocenters. The Hall–Kier alpha value is -2.98. The zero-order chi connectivity index (χ0) is 21.0. The molecule has 10 nitrogen and oxygen atoms in total. The Morgan fingerprint density at radius 2 is 1.83 bits per heavy atom. The molecule has 0 saturated carbocycles. The number of nitrogens with zero attached hydrogens (tertiary/aromatic N) is 2. The number of urea groups is 1. The van der Waals surface area contributed by atoms with Crippen LogP contribution in [0.3, 0.4) is 0 Å². The number of nitrogens with one attached hydrogen (secondary N) is 2. The maximum Gasteiger partial charge on any atom is 0.325 e. The van der Waals surface area contributed by atoms with E-state index >= 15 is 0 Å². The monoisotopic (exact) mass is 404 g/mol. The van der Waals surface area contributed by atoms with Gasteiger partial charge in [0.15, 0.2) is 0 Å². The fraction of sp³-hybridized carbons (Fsp3) is 0.474. The van der Waals surface area contributed by atoms with Gasteiger partial charge in [-0.1, -0.05) is 30.3 Å². The maximum absolute atomic E-state index is 12.6. The van der Waals surface area contributed by atoms with Gasteiger partial charge in [0.2, 0.25) is 5.91 Å². The average Bonchev–Trinajstić information content (AvgIpc) is 3.04. The largest absolute Gasteiger partial charge is 0.394 e. The van der Waals surface area contributed by atoms with Crippen LogP contribution in [0.2, 0.25) is 0 Å². The lowest BCUT2D eigenvalue weighted by Crippen LogP contribution is -2.56. The zero-order valence-electron chi connectivity index (χ0n) is 15.8. The number of carbonyl (C=O) groups excluding carboxylic acids is 4. The van der Waals surface area contributed by atoms with Crippen LogP contribution in [0.5, 0.6) is 0 Å². The second-order valence-electron chi connectivity index (χ2n) is 7.17. The van der Waals surface area contributed by atoms with E-state index in [0.717, 1.165) is 4.90 Å². The summed E-state index contributed by atoms with van der Waals surface area (Å²) in [5, 5.41) is 25.3. The number of amides is 5. The van der Waals surface area contributed by atoms with Gasteiger partial charge in [-0.2, -0.15) is 0 Å². The standard InChI is InChI=1S/C19H24N4O6/c24-12-14(13-4-2-1-3-5-13)21-17(27)19(29)6-8-22(9-7-19)16(26)11-23-15(25)10-20-18(23)28/h1-5,14,24,29H,6-12H2,(H,20,28)(H,21,27). The SMILES string of the molecule is O=C(CN1C(=O)CNC1=O)N1CCC(O)(C(=O)NC(CO)c2ccccc2)CC1. The number of piperidine rings is 1. The van der Waals surface area contributed by atoms with Gasteiger partial charge in [0.05, 0.1) is 19.2 Å². The van der Waals surface area contributed by atoms with Crippen molar-refractivity contribution in [2.24, 2.45) is 0 Å². The molecule has 156 valence electrons. The van der Waals surface area contributed by atoms with Crippen molar-refractivity contribution in [2.75, 3.05) is 32.8 Å². The molecule has 0 aromatic heterocycles. The van der Waals surface area contributed by atoms with E-state index < -0.39 is 35.4 Å². The molecule has 2 saturated heterocycles. The molecule has 3 rings (SSSR count). The first kappa shape index (κ1) is 20.7. The highest BCUT2D eigenvalue weighted by molar-refractivity contribution is 6.04. The first-order valence-corrected chi connectivity index (χ1v) is 9.39. The lowest BCUT2D eigenvalue weighted by atomic mass is 9.89. The number of hydrogen-bond donors (Lipinski definition) is 4. The van der Waals surface area contributed by atoms with Gasteiger partial charge in [-0.3, -0.25) is 19.3 Å². The molecule has 1 unspecified atom stereocenters. The fourth-order valence-corrected chi connectivity index (χ4v) is 3.42. The Kier molecular flexibility index (Phi) is 6.14. The van der Waals surface area contributed by atoms with E-state index in [4.69, 9.17) is 0 Å². The lowest BCUT2D eigenvalue weighted by molar-refractivity contribution is -0.150. The molecule has 2 aliphatic rings. The quantitative estimate of drug-likeness (QED) is 0.437. The Labute approximate surface area is 167 Å². The minimum atomic E-state index is -1.67. The van der Waals surface area contributed by atoms with Crippen molar-refractivity contribution in [1.82, 2.24) is 20.4 Å². The Morgan fingerprint density at radius 3 is 2.38 bits per heavy atom. The molecule has 5 amide bonds. The van der Waals surface area contributed by atoms with Crippen LogP contribution in [0.1, 0.15) is 24.4 Å². The van der Waals surface area contributed by atoms with Crippen LogP contribution < -0.4 is 10.6 Å². The summed E-state index contributed by atoms with van der Waals surface area (Å²) in [6.07, 6.45) is 0.0231. The summed E-state index contributed by atoms with van der Waals surface area (Å²) < 4.78 is 0. The van der Waals surface area contributed by atoms with Crippen molar-refractivity contribution in [2.45, 2.75) is 24.5 Å². The van der Waals surface area contributed by atoms with Crippen LogP contribution in [0.15, 0.2) is 30.3 Å². The van der Waals surface area contributed by atoms with Crippen LogP contribution in [0, 0.1) is 0 Å². The second kappa shape index (κ2) is 8.58. The van der Waals surface area contributed by atoms with Gasteiger partial charge in [0, 0.05) is 25.9 Å². The number of imide groups is 1. The van der Waals surface area contributed by atoms with Crippen molar-refractivity contribution in [1.29, 1.82) is 0 Å². The summed E-state index contributed by atoms with van der Waals surface area (Å²) in [6.45, 7) is -0.583. The van der Waals surface area contributed by atoms with Gasteiger partial charge in [0.1, 0.15) is 12.1 Å². The van der Waals surface area contributed by atoms with Crippen LogP contribution in [0.25, 0.3) is 0 Å². The summed E-state index contributed by atoms with van der Waals surface area (Å²) in [7, 11) is 0. The third-order valence-electron chi connectivity index (χ3n) is 5.29. The van der Waals surface area contributed by atoms with Crippen molar-refractivity contribution >= 4 is 23.8 Å². The van der Waals surface area contributed by atoms with E-state index in [9.17, 15) is 29.4 Å². The van der Waals surface area contributed by atoms with Crippen molar-refractivity contribution < 1.29 is 29.4 Å². The molecule has 2 fully saturated rings. The maximum atomic E-state index is 12.6. The summed E-state index contributed by atoms with van der Waals surface area (Å²) in [6, 6.07) is 7.67. The van der Waals surface area contributed by atoms with E-state index in [1.165, 1.54) is 4.90 Å². The van der Waals surface area contributed by atoms with Crippen LogP contribution in [-0.2, 0) is 14.4 Å². The Morgan fingerprint density at radius 1 is 1.17 bits per heavy atom. The van der Waals surface area contributed by atoms with Crippen LogP contribution in [0.4, 0.5) is 4.79 Å². The highest BCUT2D eigenvalue weighted by Gasteiger charge is 2.42. The molecule has 4 N–H and O–H groups in total. The van der Waals surface area contributed by atoms with E-state index in [1.807, 2.05) is 6.07 Å². The first-order chi connectivity index (χ1) is 13.8. The number of likely N-dealkylation sites (tertiary alicyclic amines) is 1. The van der Waals surface area contributed by atoms with Crippen LogP contribution >= 0.6 is 0 Å². The molecule has 0 aliphatic carbocycles. The molecule has 0 spiro atoms. The molecule has 1 aromatic carbocycles. The topological polar surface area (TPSA) is 139 Å². The molecular formula is C19H24N4O6. The van der Waals surface area contributed by atoms with Gasteiger partial charge in [-0.15, -0.1) is 0 Å². The molecule has 0 bridgehead atoms. The number of rotatable bonds is 6. The normalized spacial score (nSPS) is 19.7. The third kappa shape index (κ3) is 4.54. The molecule has 2 heterocycles. The number of benzene rings is 1. The number of aliphatic hydroxyl groups excluding tert-OH is 1. The number of hydrogen-bond acceptors (Lipinski definition) is 6. The van der Waals surface area contributed by atoms with Gasteiger partial charge < -0.3 is 25.7 Å². The van der Waals surface area contributed by atoms with E-state index in [-0.39, 0.29) is 45.6 Å². The predicted molar refractivity (Wildman–Crippen MR) is 100 cm³/mol. The van der Waals surface area contributed by atoms with Crippen molar-refractivity contribution in [3.8, 4) is 0 Å². The number of aliphatic hydroxyl groups is 2. The summed E-state index contributed by atoms with van der Waals surface area (Å²) in [5.74, 6) is -1.50.